The summed E-state index contributed by atoms with van der Waals surface area (Å²) in [6.07, 6.45) is 1.49. The third-order valence-corrected chi connectivity index (χ3v) is 1.72. The molecule has 0 aliphatic rings. The largest absolute Gasteiger partial charge is 0.479 e. The molecule has 6 heteroatoms. The van der Waals surface area contributed by atoms with Crippen LogP contribution in [0.15, 0.2) is 16.8 Å². The molecule has 1 heterocycles. The van der Waals surface area contributed by atoms with Crippen LogP contribution in [0, 0.1) is 0 Å². The zero-order valence-corrected chi connectivity index (χ0v) is 7.73. The second-order valence-corrected chi connectivity index (χ2v) is 3.16. The molecule has 0 saturated heterocycles. The molecule has 0 saturated carbocycles. The average Bonchev–Trinajstić information content (AvgIpc) is 2.56. The van der Waals surface area contributed by atoms with Gasteiger partial charge in [-0.15, -0.1) is 0 Å². The Labute approximate surface area is 80.5 Å². The summed E-state index contributed by atoms with van der Waals surface area (Å²) in [5, 5.41) is 24.1. The van der Waals surface area contributed by atoms with E-state index in [9.17, 15) is 9.90 Å². The fraction of sp³-hybridized carbons (Fsp3) is 0.500. The Hall–Kier alpha value is -1.40. The van der Waals surface area contributed by atoms with E-state index in [1.807, 2.05) is 0 Å². The lowest BCUT2D eigenvalue weighted by Crippen LogP contribution is -2.44. The van der Waals surface area contributed by atoms with Gasteiger partial charge in [0.05, 0.1) is 12.7 Å². The Kier molecular flexibility index (Phi) is 3.21. The fourth-order valence-corrected chi connectivity index (χ4v) is 0.838. The van der Waals surface area contributed by atoms with Crippen molar-refractivity contribution in [1.29, 1.82) is 0 Å². The Morgan fingerprint density at radius 1 is 1.79 bits per heavy atom. The number of hydrogen-bond acceptors (Lipinski definition) is 5. The predicted molar refractivity (Wildman–Crippen MR) is 46.5 cm³/mol. The van der Waals surface area contributed by atoms with Gasteiger partial charge in [-0.3, -0.25) is 0 Å². The van der Waals surface area contributed by atoms with Crippen molar-refractivity contribution in [2.45, 2.75) is 19.1 Å². The third-order valence-electron chi connectivity index (χ3n) is 1.72. The molecular formula is C8H12N2O4. The predicted octanol–water partition coefficient (Wildman–Crippen LogP) is -0.400. The summed E-state index contributed by atoms with van der Waals surface area (Å²) >= 11 is 0. The molecule has 0 radical (unpaired) electrons. The SMILES string of the molecule is CC(O)(CNCc1ccno1)C(=O)O. The lowest BCUT2D eigenvalue weighted by atomic mass is 10.1. The average molecular weight is 200 g/mol. The van der Waals surface area contributed by atoms with Gasteiger partial charge in [0.1, 0.15) is 5.76 Å². The van der Waals surface area contributed by atoms with Gasteiger partial charge in [0.25, 0.3) is 0 Å². The molecule has 3 N–H and O–H groups in total. The standard InChI is InChI=1S/C8H12N2O4/c1-8(13,7(11)12)5-9-4-6-2-3-10-14-6/h2-3,9,13H,4-5H2,1H3,(H,11,12). The van der Waals surface area contributed by atoms with Gasteiger partial charge in [-0.05, 0) is 6.92 Å². The summed E-state index contributed by atoms with van der Waals surface area (Å²) in [6, 6.07) is 1.66. The molecule has 78 valence electrons. The van der Waals surface area contributed by atoms with E-state index in [0.29, 0.717) is 12.3 Å². The van der Waals surface area contributed by atoms with Crippen LogP contribution in [0.5, 0.6) is 0 Å². The van der Waals surface area contributed by atoms with Crippen LogP contribution in [0.4, 0.5) is 0 Å². The van der Waals surface area contributed by atoms with E-state index in [4.69, 9.17) is 9.63 Å². The minimum absolute atomic E-state index is 0.0525. The van der Waals surface area contributed by atoms with Crippen molar-refractivity contribution in [3.63, 3.8) is 0 Å². The van der Waals surface area contributed by atoms with Gasteiger partial charge in [-0.1, -0.05) is 5.16 Å². The maximum Gasteiger partial charge on any atom is 0.336 e. The first-order chi connectivity index (χ1) is 6.52. The smallest absolute Gasteiger partial charge is 0.336 e. The van der Waals surface area contributed by atoms with E-state index in [1.54, 1.807) is 6.07 Å². The number of carbonyl (C=O) groups is 1. The van der Waals surface area contributed by atoms with Crippen molar-refractivity contribution in [3.05, 3.63) is 18.0 Å². The van der Waals surface area contributed by atoms with Gasteiger partial charge in [0, 0.05) is 12.6 Å². The van der Waals surface area contributed by atoms with Crippen molar-refractivity contribution in [2.24, 2.45) is 0 Å². The van der Waals surface area contributed by atoms with Crippen molar-refractivity contribution in [1.82, 2.24) is 10.5 Å². The van der Waals surface area contributed by atoms with Crippen molar-refractivity contribution >= 4 is 5.97 Å². The zero-order chi connectivity index (χ0) is 10.6. The quantitative estimate of drug-likeness (QED) is 0.598. The number of carboxylic acids is 1. The van der Waals surface area contributed by atoms with Crippen LogP contribution in [-0.4, -0.2) is 33.5 Å². The summed E-state index contributed by atoms with van der Waals surface area (Å²) in [7, 11) is 0. The number of nitrogens with one attached hydrogen (secondary N) is 1. The van der Waals surface area contributed by atoms with E-state index < -0.39 is 11.6 Å². The highest BCUT2D eigenvalue weighted by Crippen LogP contribution is 2.02. The maximum atomic E-state index is 10.5. The molecule has 0 bridgehead atoms. The number of nitrogens with zero attached hydrogens (tertiary/aromatic N) is 1. The van der Waals surface area contributed by atoms with Crippen LogP contribution in [0.1, 0.15) is 12.7 Å². The van der Waals surface area contributed by atoms with E-state index in [-0.39, 0.29) is 6.54 Å². The van der Waals surface area contributed by atoms with Gasteiger partial charge < -0.3 is 20.1 Å². The number of aliphatic carboxylic acids is 1. The molecule has 1 rings (SSSR count). The van der Waals surface area contributed by atoms with Crippen LogP contribution < -0.4 is 5.32 Å². The van der Waals surface area contributed by atoms with Crippen LogP contribution >= 0.6 is 0 Å². The molecule has 14 heavy (non-hydrogen) atoms. The summed E-state index contributed by atoms with van der Waals surface area (Å²) in [5.41, 5.74) is -1.76. The maximum absolute atomic E-state index is 10.5. The third kappa shape index (κ3) is 2.82. The van der Waals surface area contributed by atoms with Gasteiger partial charge in [-0.2, -0.15) is 0 Å². The molecule has 0 spiro atoms. The molecule has 1 aromatic rings. The molecule has 0 aliphatic carbocycles. The normalized spacial score (nSPS) is 15.0. The monoisotopic (exact) mass is 200 g/mol. The van der Waals surface area contributed by atoms with Gasteiger partial charge in [0.15, 0.2) is 5.60 Å². The molecule has 6 nitrogen and oxygen atoms in total. The van der Waals surface area contributed by atoms with Crippen molar-refractivity contribution in [3.8, 4) is 0 Å². The summed E-state index contributed by atoms with van der Waals surface area (Å²) in [4.78, 5) is 10.5. The molecule has 1 aromatic heterocycles. The van der Waals surface area contributed by atoms with Crippen LogP contribution in [-0.2, 0) is 11.3 Å². The molecule has 0 fully saturated rings. The minimum atomic E-state index is -1.76. The molecule has 0 amide bonds. The Balaban J connectivity index is 2.31. The van der Waals surface area contributed by atoms with E-state index in [2.05, 4.69) is 10.5 Å². The zero-order valence-electron chi connectivity index (χ0n) is 7.73. The number of carboxylic acid groups (broad SMARTS) is 1. The highest BCUT2D eigenvalue weighted by molar-refractivity contribution is 5.76. The van der Waals surface area contributed by atoms with Crippen molar-refractivity contribution in [2.75, 3.05) is 6.54 Å². The number of aliphatic hydroxyl groups is 1. The van der Waals surface area contributed by atoms with E-state index >= 15 is 0 Å². The van der Waals surface area contributed by atoms with Gasteiger partial charge in [0.2, 0.25) is 0 Å². The second kappa shape index (κ2) is 4.21. The Morgan fingerprint density at radius 3 is 3.00 bits per heavy atom. The number of aromatic nitrogens is 1. The first-order valence-corrected chi connectivity index (χ1v) is 4.08. The van der Waals surface area contributed by atoms with Crippen LogP contribution in [0.2, 0.25) is 0 Å². The lowest BCUT2D eigenvalue weighted by molar-refractivity contribution is -0.156. The van der Waals surface area contributed by atoms with Gasteiger partial charge >= 0.3 is 5.97 Å². The molecule has 0 aliphatic heterocycles. The fourth-order valence-electron chi connectivity index (χ4n) is 0.838. The first-order valence-electron chi connectivity index (χ1n) is 4.08. The van der Waals surface area contributed by atoms with E-state index in [1.165, 1.54) is 13.1 Å². The molecule has 1 atom stereocenters. The van der Waals surface area contributed by atoms with Crippen LogP contribution in [0.3, 0.4) is 0 Å². The summed E-state index contributed by atoms with van der Waals surface area (Å²) in [5.74, 6) is -0.672. The highest BCUT2D eigenvalue weighted by atomic mass is 16.5. The summed E-state index contributed by atoms with van der Waals surface area (Å²) in [6.45, 7) is 1.51. The molecule has 0 aromatic carbocycles. The Morgan fingerprint density at radius 2 is 2.50 bits per heavy atom. The van der Waals surface area contributed by atoms with E-state index in [0.717, 1.165) is 0 Å². The highest BCUT2D eigenvalue weighted by Gasteiger charge is 2.29. The minimum Gasteiger partial charge on any atom is -0.479 e. The topological polar surface area (TPSA) is 95.6 Å². The van der Waals surface area contributed by atoms with Crippen LogP contribution in [0.25, 0.3) is 0 Å². The lowest BCUT2D eigenvalue weighted by Gasteiger charge is -2.17. The molecular weight excluding hydrogens is 188 g/mol. The summed E-state index contributed by atoms with van der Waals surface area (Å²) < 4.78 is 4.77. The van der Waals surface area contributed by atoms with Gasteiger partial charge in [-0.25, -0.2) is 4.79 Å². The number of rotatable bonds is 5. The van der Waals surface area contributed by atoms with Crippen molar-refractivity contribution < 1.29 is 19.5 Å². The Bertz CT molecular complexity index is 294. The molecule has 1 unspecified atom stereocenters. The number of hydrogen-bond donors (Lipinski definition) is 3. The first kappa shape index (κ1) is 10.7. The second-order valence-electron chi connectivity index (χ2n) is 3.16.